The van der Waals surface area contributed by atoms with Gasteiger partial charge < -0.3 is 9.30 Å². The summed E-state index contributed by atoms with van der Waals surface area (Å²) in [5, 5.41) is 0. The Balaban J connectivity index is 2.08. The first-order chi connectivity index (χ1) is 11.7. The number of rotatable bonds is 4. The second kappa shape index (κ2) is 7.23. The van der Waals surface area contributed by atoms with E-state index < -0.39 is 0 Å². The molecule has 2 aromatic carbocycles. The van der Waals surface area contributed by atoms with Crippen molar-refractivity contribution < 1.29 is 14.3 Å². The van der Waals surface area contributed by atoms with Gasteiger partial charge in [0.25, 0.3) is 5.91 Å². The molecule has 0 fully saturated rings. The summed E-state index contributed by atoms with van der Waals surface area (Å²) in [5.74, 6) is -0.686. The molecule has 1 aromatic heterocycles. The predicted molar refractivity (Wildman–Crippen MR) is 92.8 cm³/mol. The highest BCUT2D eigenvalue weighted by Crippen LogP contribution is 2.17. The van der Waals surface area contributed by atoms with Gasteiger partial charge in [0.2, 0.25) is 0 Å². The number of hydrogen-bond donors (Lipinski definition) is 0. The van der Waals surface area contributed by atoms with Crippen molar-refractivity contribution in [3.05, 3.63) is 65.0 Å². The van der Waals surface area contributed by atoms with Gasteiger partial charge in [-0.05, 0) is 31.2 Å². The average molecular weight is 340 g/mol. The molecule has 0 spiro atoms. The van der Waals surface area contributed by atoms with Gasteiger partial charge >= 0.3 is 5.97 Å². The number of amides is 1. The van der Waals surface area contributed by atoms with Crippen LogP contribution in [0.15, 0.2) is 59.6 Å². The third kappa shape index (κ3) is 3.44. The lowest BCUT2D eigenvalue weighted by Gasteiger charge is -2.04. The van der Waals surface area contributed by atoms with Crippen LogP contribution >= 0.6 is 11.3 Å². The summed E-state index contributed by atoms with van der Waals surface area (Å²) >= 11 is 1.37. The summed E-state index contributed by atoms with van der Waals surface area (Å²) in [4.78, 5) is 29.0. The fourth-order valence-corrected chi connectivity index (χ4v) is 3.35. The number of carbonyl (C=O) groups excluding carboxylic acids is 2. The lowest BCUT2D eigenvalue weighted by atomic mass is 10.2. The first kappa shape index (κ1) is 16.1. The maximum Gasteiger partial charge on any atom is 0.326 e. The fraction of sp³-hybridized carbons (Fsp3) is 0.167. The van der Waals surface area contributed by atoms with Crippen molar-refractivity contribution in [2.24, 2.45) is 4.99 Å². The Labute approximate surface area is 142 Å². The molecule has 0 unspecified atom stereocenters. The zero-order chi connectivity index (χ0) is 16.9. The highest BCUT2D eigenvalue weighted by Gasteiger charge is 2.12. The number of aromatic nitrogens is 1. The minimum Gasteiger partial charge on any atom is -0.465 e. The van der Waals surface area contributed by atoms with E-state index in [4.69, 9.17) is 4.74 Å². The summed E-state index contributed by atoms with van der Waals surface area (Å²) in [5.41, 5.74) is 1.37. The Kier molecular flexibility index (Phi) is 4.86. The quantitative estimate of drug-likeness (QED) is 0.686. The summed E-state index contributed by atoms with van der Waals surface area (Å²) in [6, 6.07) is 16.5. The fourth-order valence-electron chi connectivity index (χ4n) is 2.33. The van der Waals surface area contributed by atoms with Crippen molar-refractivity contribution in [1.29, 1.82) is 0 Å². The molecule has 0 N–H and O–H groups in total. The van der Waals surface area contributed by atoms with Gasteiger partial charge in [0.1, 0.15) is 6.54 Å². The van der Waals surface area contributed by atoms with Crippen LogP contribution in [-0.2, 0) is 16.1 Å². The molecule has 3 rings (SSSR count). The largest absolute Gasteiger partial charge is 0.465 e. The normalized spacial score (nSPS) is 11.6. The maximum atomic E-state index is 12.4. The minimum atomic E-state index is -0.352. The van der Waals surface area contributed by atoms with Crippen LogP contribution in [0, 0.1) is 0 Å². The standard InChI is InChI=1S/C18H16N2O3S/c1-2-23-16(21)12-20-14-10-6-7-11-15(14)24-18(20)19-17(22)13-8-4-3-5-9-13/h3-11H,2,12H2,1H3. The second-order valence-corrected chi connectivity index (χ2v) is 6.04. The van der Waals surface area contributed by atoms with E-state index in [2.05, 4.69) is 4.99 Å². The zero-order valence-electron chi connectivity index (χ0n) is 13.1. The molecule has 0 atom stereocenters. The molecule has 122 valence electrons. The number of benzene rings is 2. The molecule has 24 heavy (non-hydrogen) atoms. The molecule has 5 nitrogen and oxygen atoms in total. The molecular formula is C18H16N2O3S. The molecule has 1 heterocycles. The van der Waals surface area contributed by atoms with Crippen molar-refractivity contribution in [2.45, 2.75) is 13.5 Å². The number of nitrogens with zero attached hydrogens (tertiary/aromatic N) is 2. The Morgan fingerprint density at radius 3 is 2.54 bits per heavy atom. The van der Waals surface area contributed by atoms with E-state index in [1.54, 1.807) is 35.8 Å². The van der Waals surface area contributed by atoms with Gasteiger partial charge in [-0.25, -0.2) is 0 Å². The van der Waals surface area contributed by atoms with E-state index in [-0.39, 0.29) is 18.4 Å². The van der Waals surface area contributed by atoms with Crippen LogP contribution in [0.5, 0.6) is 0 Å². The van der Waals surface area contributed by atoms with E-state index in [0.717, 1.165) is 10.2 Å². The lowest BCUT2D eigenvalue weighted by molar-refractivity contribution is -0.143. The Morgan fingerprint density at radius 1 is 1.08 bits per heavy atom. The van der Waals surface area contributed by atoms with Gasteiger partial charge in [0.15, 0.2) is 4.80 Å². The van der Waals surface area contributed by atoms with E-state index >= 15 is 0 Å². The molecule has 0 aliphatic rings. The molecule has 0 saturated heterocycles. The van der Waals surface area contributed by atoms with Crippen LogP contribution in [0.1, 0.15) is 17.3 Å². The summed E-state index contributed by atoms with van der Waals surface area (Å²) in [6.07, 6.45) is 0. The lowest BCUT2D eigenvalue weighted by Crippen LogP contribution is -2.23. The third-order valence-corrected chi connectivity index (χ3v) is 4.46. The SMILES string of the molecule is CCOC(=O)Cn1c(=NC(=O)c2ccccc2)sc2ccccc21. The number of thiazole rings is 1. The second-order valence-electron chi connectivity index (χ2n) is 5.03. The van der Waals surface area contributed by atoms with Gasteiger partial charge in [0, 0.05) is 5.56 Å². The average Bonchev–Trinajstić information content (AvgIpc) is 2.93. The van der Waals surface area contributed by atoms with E-state index in [9.17, 15) is 9.59 Å². The van der Waals surface area contributed by atoms with Crippen LogP contribution in [0.2, 0.25) is 0 Å². The van der Waals surface area contributed by atoms with Gasteiger partial charge in [-0.15, -0.1) is 0 Å². The van der Waals surface area contributed by atoms with Crippen molar-refractivity contribution in [1.82, 2.24) is 4.57 Å². The van der Waals surface area contributed by atoms with Crippen LogP contribution < -0.4 is 4.80 Å². The Morgan fingerprint density at radius 2 is 1.79 bits per heavy atom. The topological polar surface area (TPSA) is 60.7 Å². The zero-order valence-corrected chi connectivity index (χ0v) is 14.0. The number of esters is 1. The molecule has 0 bridgehead atoms. The minimum absolute atomic E-state index is 0.0265. The van der Waals surface area contributed by atoms with Crippen LogP contribution in [0.3, 0.4) is 0 Å². The van der Waals surface area contributed by atoms with Crippen molar-refractivity contribution in [2.75, 3.05) is 6.61 Å². The first-order valence-electron chi connectivity index (χ1n) is 7.57. The Hall–Kier alpha value is -2.73. The molecule has 6 heteroatoms. The number of fused-ring (bicyclic) bond motifs is 1. The molecule has 1 amide bonds. The van der Waals surface area contributed by atoms with Gasteiger partial charge in [0.05, 0.1) is 16.8 Å². The molecule has 0 aliphatic heterocycles. The van der Waals surface area contributed by atoms with E-state index in [1.165, 1.54) is 11.3 Å². The molecule has 0 saturated carbocycles. The van der Waals surface area contributed by atoms with Crippen molar-refractivity contribution in [3.8, 4) is 0 Å². The van der Waals surface area contributed by atoms with Crippen molar-refractivity contribution >= 4 is 33.4 Å². The van der Waals surface area contributed by atoms with Gasteiger partial charge in [-0.1, -0.05) is 41.7 Å². The maximum absolute atomic E-state index is 12.4. The van der Waals surface area contributed by atoms with Crippen LogP contribution in [0.4, 0.5) is 0 Å². The summed E-state index contributed by atoms with van der Waals surface area (Å²) in [7, 11) is 0. The highest BCUT2D eigenvalue weighted by atomic mass is 32.1. The van der Waals surface area contributed by atoms with Gasteiger partial charge in [-0.3, -0.25) is 9.59 Å². The van der Waals surface area contributed by atoms with Crippen molar-refractivity contribution in [3.63, 3.8) is 0 Å². The Bertz CT molecular complexity index is 942. The van der Waals surface area contributed by atoms with E-state index in [0.29, 0.717) is 17.0 Å². The van der Waals surface area contributed by atoms with Crippen LogP contribution in [-0.4, -0.2) is 23.1 Å². The summed E-state index contributed by atoms with van der Waals surface area (Å²) in [6.45, 7) is 2.11. The first-order valence-corrected chi connectivity index (χ1v) is 8.39. The third-order valence-electron chi connectivity index (χ3n) is 3.40. The molecule has 0 radical (unpaired) electrons. The number of hydrogen-bond acceptors (Lipinski definition) is 4. The molecule has 0 aliphatic carbocycles. The van der Waals surface area contributed by atoms with E-state index in [1.807, 2.05) is 30.3 Å². The molecule has 3 aromatic rings. The number of ether oxygens (including phenoxy) is 1. The predicted octanol–water partition coefficient (Wildman–Crippen LogP) is 3.01. The smallest absolute Gasteiger partial charge is 0.326 e. The van der Waals surface area contributed by atoms with Crippen LogP contribution in [0.25, 0.3) is 10.2 Å². The number of para-hydroxylation sites is 1. The molecular weight excluding hydrogens is 324 g/mol. The summed E-state index contributed by atoms with van der Waals surface area (Å²) < 4.78 is 7.71. The number of carbonyl (C=O) groups is 2. The monoisotopic (exact) mass is 340 g/mol. The van der Waals surface area contributed by atoms with Gasteiger partial charge in [-0.2, -0.15) is 4.99 Å². The highest BCUT2D eigenvalue weighted by molar-refractivity contribution is 7.16.